The second-order valence-corrected chi connectivity index (χ2v) is 14.5. The Balaban J connectivity index is 1.55. The smallest absolute Gasteiger partial charge is 0.421 e. The maximum Gasteiger partial charge on any atom is 0.421 e. The van der Waals surface area contributed by atoms with Crippen molar-refractivity contribution >= 4 is 52.2 Å². The summed E-state index contributed by atoms with van der Waals surface area (Å²) >= 11 is 2.12. The highest BCUT2D eigenvalue weighted by Gasteiger charge is 2.76. The summed E-state index contributed by atoms with van der Waals surface area (Å²) in [5.41, 5.74) is 0.648. The highest BCUT2D eigenvalue weighted by atomic mass is 127. The number of halogens is 1. The molecule has 2 fully saturated rings. The summed E-state index contributed by atoms with van der Waals surface area (Å²) in [4.78, 5) is 62.2. The van der Waals surface area contributed by atoms with Crippen LogP contribution in [0.1, 0.15) is 40.4 Å². The van der Waals surface area contributed by atoms with Gasteiger partial charge in [0.1, 0.15) is 49.0 Å². The maximum absolute atomic E-state index is 15.7. The maximum atomic E-state index is 15.7. The number of esters is 2. The molecule has 2 saturated heterocycles. The van der Waals surface area contributed by atoms with E-state index in [2.05, 4.69) is 29.2 Å². The molecule has 0 saturated carbocycles. The second kappa shape index (κ2) is 16.3. The number of amides is 2. The van der Waals surface area contributed by atoms with Gasteiger partial charge in [0.2, 0.25) is 5.91 Å². The summed E-state index contributed by atoms with van der Waals surface area (Å²) in [6, 6.07) is 27.7. The minimum Gasteiger partial charge on any atom is -0.491 e. The number of fused-ring (bicyclic) bond motifs is 3. The zero-order valence-corrected chi connectivity index (χ0v) is 32.1. The third kappa shape index (κ3) is 6.68. The van der Waals surface area contributed by atoms with Crippen molar-refractivity contribution in [3.05, 3.63) is 142 Å². The van der Waals surface area contributed by atoms with Crippen molar-refractivity contribution < 1.29 is 48.0 Å². The minimum atomic E-state index is -1.94. The van der Waals surface area contributed by atoms with Gasteiger partial charge in [-0.1, -0.05) is 85.5 Å². The molecule has 284 valence electrons. The van der Waals surface area contributed by atoms with Gasteiger partial charge in [-0.15, -0.1) is 0 Å². The molecule has 4 aromatic carbocycles. The normalized spacial score (nSPS) is 24.2. The Morgan fingerprint density at radius 1 is 0.873 bits per heavy atom. The van der Waals surface area contributed by atoms with Crippen LogP contribution in [0.15, 0.2) is 116 Å². The number of benzene rings is 4. The molecule has 12 nitrogen and oxygen atoms in total. The molecule has 6 atom stereocenters. The Bertz CT molecular complexity index is 2060. The van der Waals surface area contributed by atoms with E-state index in [1.54, 1.807) is 42.5 Å². The average molecular weight is 859 g/mol. The Morgan fingerprint density at radius 3 is 2.22 bits per heavy atom. The van der Waals surface area contributed by atoms with E-state index in [1.165, 1.54) is 13.2 Å². The third-order valence-corrected chi connectivity index (χ3v) is 10.9. The first-order valence-electron chi connectivity index (χ1n) is 17.8. The van der Waals surface area contributed by atoms with Crippen molar-refractivity contribution in [2.24, 2.45) is 5.92 Å². The van der Waals surface area contributed by atoms with Gasteiger partial charge in [0.15, 0.2) is 0 Å². The molecular weight excluding hydrogens is 819 g/mol. The molecule has 7 rings (SSSR count). The molecule has 0 bridgehead atoms. The topological polar surface area (TPSA) is 141 Å². The van der Waals surface area contributed by atoms with Crippen LogP contribution < -0.4 is 9.64 Å². The summed E-state index contributed by atoms with van der Waals surface area (Å²) in [6.07, 6.45) is -0.422. The van der Waals surface area contributed by atoms with Crippen LogP contribution in [0, 0.1) is 9.49 Å². The summed E-state index contributed by atoms with van der Waals surface area (Å²) in [5, 5.41) is 9.42. The standard InChI is InChI=1S/C42H39IN2O10/c1-3-21-53-38(47)33-35-39(48)55-36(27-12-8-5-9-13-27)34(26-10-6-4-7-11-26)45(35)37(28-14-17-30(18-15-28)52-22-20-46)42(33)31-25-29(43)16-19-32(31)44(40(42)49)41(50)54-24-23-51-2/h3-19,25,33-37,46H,1,20-24H2,2H3/t33-,34-,35-,36+,37+,42-/m1/s1. The van der Waals surface area contributed by atoms with Crippen LogP contribution >= 0.6 is 22.6 Å². The summed E-state index contributed by atoms with van der Waals surface area (Å²) in [7, 11) is 1.46. The molecule has 1 spiro atoms. The largest absolute Gasteiger partial charge is 0.491 e. The fourth-order valence-electron chi connectivity index (χ4n) is 8.24. The number of ether oxygens (including phenoxy) is 5. The van der Waals surface area contributed by atoms with Crippen molar-refractivity contribution in [1.29, 1.82) is 0 Å². The van der Waals surface area contributed by atoms with Crippen LogP contribution in [0.2, 0.25) is 0 Å². The molecule has 1 N–H and O–H groups in total. The van der Waals surface area contributed by atoms with Gasteiger partial charge in [-0.2, -0.15) is 0 Å². The van der Waals surface area contributed by atoms with Gasteiger partial charge in [0.25, 0.3) is 0 Å². The van der Waals surface area contributed by atoms with E-state index in [9.17, 15) is 19.5 Å². The molecule has 0 radical (unpaired) electrons. The predicted molar refractivity (Wildman–Crippen MR) is 208 cm³/mol. The molecule has 0 unspecified atom stereocenters. The first kappa shape index (κ1) is 38.2. The van der Waals surface area contributed by atoms with E-state index in [0.29, 0.717) is 22.4 Å². The van der Waals surface area contributed by atoms with E-state index in [-0.39, 0.29) is 38.7 Å². The molecule has 3 heterocycles. The number of cyclic esters (lactones) is 1. The van der Waals surface area contributed by atoms with E-state index >= 15 is 4.79 Å². The van der Waals surface area contributed by atoms with E-state index in [0.717, 1.165) is 14.0 Å². The lowest BCUT2D eigenvalue weighted by atomic mass is 9.65. The number of aliphatic hydroxyl groups excluding tert-OH is 1. The van der Waals surface area contributed by atoms with Crippen LogP contribution in [0.25, 0.3) is 0 Å². The third-order valence-electron chi connectivity index (χ3n) is 10.3. The van der Waals surface area contributed by atoms with Crippen molar-refractivity contribution in [3.8, 4) is 5.75 Å². The van der Waals surface area contributed by atoms with Gasteiger partial charge < -0.3 is 28.8 Å². The van der Waals surface area contributed by atoms with Gasteiger partial charge in [0.05, 0.1) is 31.0 Å². The van der Waals surface area contributed by atoms with Crippen LogP contribution in [0.5, 0.6) is 5.75 Å². The zero-order valence-electron chi connectivity index (χ0n) is 29.9. The number of aliphatic hydroxyl groups is 1. The summed E-state index contributed by atoms with van der Waals surface area (Å²) in [5.74, 6) is -3.38. The van der Waals surface area contributed by atoms with Crippen molar-refractivity contribution in [3.63, 3.8) is 0 Å². The summed E-state index contributed by atoms with van der Waals surface area (Å²) in [6.45, 7) is 3.33. The first-order valence-corrected chi connectivity index (χ1v) is 18.8. The van der Waals surface area contributed by atoms with Gasteiger partial charge in [0, 0.05) is 10.7 Å². The van der Waals surface area contributed by atoms with Crippen LogP contribution in [-0.4, -0.2) is 80.1 Å². The molecule has 13 heteroatoms. The van der Waals surface area contributed by atoms with Crippen molar-refractivity contribution in [2.45, 2.75) is 29.6 Å². The Kier molecular flexibility index (Phi) is 11.3. The molecule has 0 aromatic heterocycles. The Labute approximate surface area is 331 Å². The fraction of sp³-hybridized carbons (Fsp3) is 0.286. The number of nitrogens with zero attached hydrogens (tertiary/aromatic N) is 2. The number of rotatable bonds is 12. The van der Waals surface area contributed by atoms with Gasteiger partial charge in [-0.25, -0.2) is 9.69 Å². The Morgan fingerprint density at radius 2 is 1.56 bits per heavy atom. The van der Waals surface area contributed by atoms with Crippen molar-refractivity contribution in [2.75, 3.05) is 45.0 Å². The van der Waals surface area contributed by atoms with Gasteiger partial charge in [-0.3, -0.25) is 19.3 Å². The SMILES string of the molecule is C=CCOC(=O)[C@H]1[C@@H]2C(=O)O[C@@H](c3ccccc3)[C@@H](c3ccccc3)N2[C@@H](c2ccc(OCCO)cc2)[C@]12C(=O)N(C(=O)OCCOC)c1ccc(I)cc12. The van der Waals surface area contributed by atoms with Gasteiger partial charge >= 0.3 is 18.0 Å². The van der Waals surface area contributed by atoms with Crippen molar-refractivity contribution in [1.82, 2.24) is 4.90 Å². The monoisotopic (exact) mass is 858 g/mol. The highest BCUT2D eigenvalue weighted by molar-refractivity contribution is 14.1. The molecule has 3 aliphatic heterocycles. The average Bonchev–Trinajstić information content (AvgIpc) is 3.66. The Hall–Kier alpha value is -5.09. The van der Waals surface area contributed by atoms with Crippen LogP contribution in [0.4, 0.5) is 10.5 Å². The first-order chi connectivity index (χ1) is 26.8. The second-order valence-electron chi connectivity index (χ2n) is 13.2. The molecule has 0 aliphatic carbocycles. The number of anilines is 1. The number of hydrogen-bond acceptors (Lipinski definition) is 11. The number of hydrogen-bond donors (Lipinski definition) is 1. The lowest BCUT2D eigenvalue weighted by molar-refractivity contribution is -0.180. The summed E-state index contributed by atoms with van der Waals surface area (Å²) < 4.78 is 29.3. The quantitative estimate of drug-likeness (QED) is 0.0605. The molecule has 55 heavy (non-hydrogen) atoms. The number of carbonyl (C=O) groups excluding carboxylic acids is 4. The number of morpholine rings is 1. The fourth-order valence-corrected chi connectivity index (χ4v) is 8.73. The van der Waals surface area contributed by atoms with Crippen LogP contribution in [-0.2, 0) is 38.7 Å². The highest BCUT2D eigenvalue weighted by Crippen LogP contribution is 2.66. The van der Waals surface area contributed by atoms with Gasteiger partial charge in [-0.05, 0) is 75.2 Å². The molecule has 2 amide bonds. The lowest BCUT2D eigenvalue weighted by Crippen LogP contribution is -2.53. The van der Waals surface area contributed by atoms with E-state index in [1.807, 2.05) is 65.6 Å². The molecule has 4 aromatic rings. The lowest BCUT2D eigenvalue weighted by Gasteiger charge is -2.46. The number of imide groups is 1. The predicted octanol–water partition coefficient (Wildman–Crippen LogP) is 5.84. The zero-order chi connectivity index (χ0) is 38.7. The van der Waals surface area contributed by atoms with E-state index < -0.39 is 59.5 Å². The number of methoxy groups -OCH3 is 1. The van der Waals surface area contributed by atoms with Crippen LogP contribution in [0.3, 0.4) is 0 Å². The molecular formula is C42H39IN2O10. The molecule has 3 aliphatic rings. The number of carbonyl (C=O) groups is 4. The van der Waals surface area contributed by atoms with E-state index in [4.69, 9.17) is 23.7 Å². The minimum absolute atomic E-state index is 0.0588.